The van der Waals surface area contributed by atoms with Crippen molar-refractivity contribution in [3.63, 3.8) is 0 Å². The number of fused-ring (bicyclic) bond motifs is 1. The maximum atomic E-state index is 12.3. The van der Waals surface area contributed by atoms with Crippen LogP contribution in [0.3, 0.4) is 0 Å². The fourth-order valence-electron chi connectivity index (χ4n) is 2.41. The van der Waals surface area contributed by atoms with Gasteiger partial charge in [0.05, 0.1) is 12.0 Å². The molecule has 3 heterocycles. The van der Waals surface area contributed by atoms with Crippen LogP contribution in [0.25, 0.3) is 0 Å². The third-order valence-corrected chi connectivity index (χ3v) is 3.56. The second-order valence-corrected chi connectivity index (χ2v) is 4.80. The Bertz CT molecular complexity index is 643. The van der Waals surface area contributed by atoms with Crippen molar-refractivity contribution in [3.05, 3.63) is 46.2 Å². The topological polar surface area (TPSA) is 64.7 Å². The first-order chi connectivity index (χ1) is 9.25. The van der Waals surface area contributed by atoms with E-state index in [1.807, 2.05) is 17.8 Å². The second kappa shape index (κ2) is 4.97. The highest BCUT2D eigenvalue weighted by atomic mass is 16.1. The number of nitrogens with one attached hydrogen (secondary N) is 1. The van der Waals surface area contributed by atoms with Crippen LogP contribution in [-0.2, 0) is 33.0 Å². The minimum atomic E-state index is 0.0979. The van der Waals surface area contributed by atoms with Gasteiger partial charge in [0.2, 0.25) is 0 Å². The first-order valence-electron chi connectivity index (χ1n) is 6.50. The van der Waals surface area contributed by atoms with E-state index in [1.165, 1.54) is 0 Å². The van der Waals surface area contributed by atoms with Gasteiger partial charge in [-0.05, 0) is 13.0 Å². The van der Waals surface area contributed by atoms with Crippen molar-refractivity contribution in [3.8, 4) is 0 Å². The van der Waals surface area contributed by atoms with Crippen LogP contribution in [-0.4, -0.2) is 25.6 Å². The molecule has 0 atom stereocenters. The molecule has 2 aromatic heterocycles. The summed E-state index contributed by atoms with van der Waals surface area (Å²) in [5.41, 5.74) is 1.85. The van der Waals surface area contributed by atoms with Crippen LogP contribution >= 0.6 is 0 Å². The summed E-state index contributed by atoms with van der Waals surface area (Å²) in [4.78, 5) is 21.0. The third kappa shape index (κ3) is 2.31. The SMILES string of the molecule is Cn1ccnc1CCn1cnc2c(c1=O)CCNC2. The van der Waals surface area contributed by atoms with E-state index in [2.05, 4.69) is 15.3 Å². The van der Waals surface area contributed by atoms with Gasteiger partial charge in [-0.1, -0.05) is 0 Å². The van der Waals surface area contributed by atoms with Crippen LogP contribution in [0, 0.1) is 0 Å². The molecule has 1 aliphatic heterocycles. The van der Waals surface area contributed by atoms with Crippen molar-refractivity contribution in [2.24, 2.45) is 7.05 Å². The Morgan fingerprint density at radius 2 is 2.32 bits per heavy atom. The van der Waals surface area contributed by atoms with Gasteiger partial charge in [-0.15, -0.1) is 0 Å². The Labute approximate surface area is 111 Å². The van der Waals surface area contributed by atoms with Crippen LogP contribution < -0.4 is 10.9 Å². The van der Waals surface area contributed by atoms with E-state index < -0.39 is 0 Å². The average Bonchev–Trinajstić information content (AvgIpc) is 2.84. The molecule has 2 aromatic rings. The quantitative estimate of drug-likeness (QED) is 0.833. The molecule has 0 saturated heterocycles. The van der Waals surface area contributed by atoms with Gasteiger partial charge in [0.1, 0.15) is 5.82 Å². The van der Waals surface area contributed by atoms with Crippen LogP contribution in [0.15, 0.2) is 23.5 Å². The van der Waals surface area contributed by atoms with Crippen LogP contribution in [0.1, 0.15) is 17.1 Å². The molecule has 0 saturated carbocycles. The Hall–Kier alpha value is -1.95. The maximum absolute atomic E-state index is 12.3. The number of hydrogen-bond donors (Lipinski definition) is 1. The first-order valence-corrected chi connectivity index (χ1v) is 6.50. The normalized spacial score (nSPS) is 14.4. The molecule has 6 nitrogen and oxygen atoms in total. The Balaban J connectivity index is 1.82. The number of hydrogen-bond acceptors (Lipinski definition) is 4. The van der Waals surface area contributed by atoms with Crippen molar-refractivity contribution in [2.45, 2.75) is 25.9 Å². The Morgan fingerprint density at radius 1 is 1.42 bits per heavy atom. The van der Waals surface area contributed by atoms with Gasteiger partial charge in [0, 0.05) is 44.5 Å². The smallest absolute Gasteiger partial charge is 0.256 e. The van der Waals surface area contributed by atoms with Crippen molar-refractivity contribution >= 4 is 0 Å². The lowest BCUT2D eigenvalue weighted by Crippen LogP contribution is -2.34. The van der Waals surface area contributed by atoms with Gasteiger partial charge >= 0.3 is 0 Å². The highest BCUT2D eigenvalue weighted by molar-refractivity contribution is 5.19. The molecule has 0 aromatic carbocycles. The fraction of sp³-hybridized carbons (Fsp3) is 0.462. The standard InChI is InChI=1S/C13H17N5O/c1-17-7-5-15-12(17)3-6-18-9-16-11-8-14-4-2-10(11)13(18)19/h5,7,9,14H,2-4,6,8H2,1H3. The molecule has 0 spiro atoms. The highest BCUT2D eigenvalue weighted by Crippen LogP contribution is 2.06. The van der Waals surface area contributed by atoms with Gasteiger partial charge in [0.15, 0.2) is 0 Å². The number of nitrogens with zero attached hydrogens (tertiary/aromatic N) is 4. The Morgan fingerprint density at radius 3 is 3.11 bits per heavy atom. The van der Waals surface area contributed by atoms with E-state index in [-0.39, 0.29) is 5.56 Å². The summed E-state index contributed by atoms with van der Waals surface area (Å²) >= 11 is 0. The van der Waals surface area contributed by atoms with Gasteiger partial charge in [-0.2, -0.15) is 0 Å². The average molecular weight is 259 g/mol. The highest BCUT2D eigenvalue weighted by Gasteiger charge is 2.15. The van der Waals surface area contributed by atoms with Gasteiger partial charge in [0.25, 0.3) is 5.56 Å². The largest absolute Gasteiger partial charge is 0.338 e. The van der Waals surface area contributed by atoms with E-state index >= 15 is 0 Å². The van der Waals surface area contributed by atoms with Gasteiger partial charge in [-0.25, -0.2) is 9.97 Å². The minimum Gasteiger partial charge on any atom is -0.338 e. The maximum Gasteiger partial charge on any atom is 0.256 e. The molecule has 6 heteroatoms. The molecule has 1 aliphatic rings. The van der Waals surface area contributed by atoms with Crippen LogP contribution in [0.2, 0.25) is 0 Å². The Kier molecular flexibility index (Phi) is 3.16. The first kappa shape index (κ1) is 12.1. The van der Waals surface area contributed by atoms with Gasteiger partial charge < -0.3 is 9.88 Å². The lowest BCUT2D eigenvalue weighted by molar-refractivity contribution is 0.571. The number of aromatic nitrogens is 4. The summed E-state index contributed by atoms with van der Waals surface area (Å²) in [5.74, 6) is 0.978. The molecular weight excluding hydrogens is 242 g/mol. The monoisotopic (exact) mass is 259 g/mol. The second-order valence-electron chi connectivity index (χ2n) is 4.80. The van der Waals surface area contributed by atoms with Crippen LogP contribution in [0.5, 0.6) is 0 Å². The lowest BCUT2D eigenvalue weighted by Gasteiger charge is -2.16. The van der Waals surface area contributed by atoms with Crippen molar-refractivity contribution in [1.82, 2.24) is 24.4 Å². The summed E-state index contributed by atoms with van der Waals surface area (Å²) in [5, 5.41) is 3.23. The molecular formula is C13H17N5O. The fourth-order valence-corrected chi connectivity index (χ4v) is 2.41. The molecule has 100 valence electrons. The summed E-state index contributed by atoms with van der Waals surface area (Å²) in [6, 6.07) is 0. The van der Waals surface area contributed by atoms with Crippen LogP contribution in [0.4, 0.5) is 0 Å². The lowest BCUT2D eigenvalue weighted by atomic mass is 10.1. The molecule has 0 aliphatic carbocycles. The number of aryl methyl sites for hydroxylation is 3. The molecule has 19 heavy (non-hydrogen) atoms. The molecule has 0 bridgehead atoms. The van der Waals surface area contributed by atoms with E-state index in [9.17, 15) is 4.79 Å². The summed E-state index contributed by atoms with van der Waals surface area (Å²) < 4.78 is 3.67. The predicted molar refractivity (Wildman–Crippen MR) is 70.8 cm³/mol. The van der Waals surface area contributed by atoms with E-state index in [0.717, 1.165) is 36.5 Å². The van der Waals surface area contributed by atoms with Crippen molar-refractivity contribution in [1.29, 1.82) is 0 Å². The summed E-state index contributed by atoms with van der Waals surface area (Å²) in [7, 11) is 1.96. The zero-order valence-corrected chi connectivity index (χ0v) is 11.0. The van der Waals surface area contributed by atoms with E-state index in [4.69, 9.17) is 0 Å². The molecule has 0 amide bonds. The van der Waals surface area contributed by atoms with E-state index in [1.54, 1.807) is 17.1 Å². The molecule has 0 radical (unpaired) electrons. The zero-order valence-electron chi connectivity index (χ0n) is 11.0. The van der Waals surface area contributed by atoms with Gasteiger partial charge in [-0.3, -0.25) is 9.36 Å². The zero-order chi connectivity index (χ0) is 13.2. The molecule has 3 rings (SSSR count). The predicted octanol–water partition coefficient (Wildman–Crippen LogP) is -0.135. The molecule has 0 fully saturated rings. The summed E-state index contributed by atoms with van der Waals surface area (Å²) in [6.45, 7) is 2.18. The molecule has 1 N–H and O–H groups in total. The van der Waals surface area contributed by atoms with Crippen molar-refractivity contribution in [2.75, 3.05) is 6.54 Å². The summed E-state index contributed by atoms with van der Waals surface area (Å²) in [6.07, 6.45) is 6.84. The third-order valence-electron chi connectivity index (χ3n) is 3.56. The van der Waals surface area contributed by atoms with Crippen molar-refractivity contribution < 1.29 is 0 Å². The van der Waals surface area contributed by atoms with E-state index in [0.29, 0.717) is 13.1 Å². The molecule has 0 unspecified atom stereocenters. The number of rotatable bonds is 3. The minimum absolute atomic E-state index is 0.0979. The number of imidazole rings is 1.